The monoisotopic (exact) mass is 752 g/mol. The van der Waals surface area contributed by atoms with E-state index in [-0.39, 0.29) is 29.4 Å². The van der Waals surface area contributed by atoms with Gasteiger partial charge < -0.3 is 9.30 Å². The van der Waals surface area contributed by atoms with Crippen molar-refractivity contribution in [2.24, 2.45) is 0 Å². The van der Waals surface area contributed by atoms with Crippen LogP contribution in [0.5, 0.6) is 0 Å². The van der Waals surface area contributed by atoms with Crippen molar-refractivity contribution in [3.63, 3.8) is 0 Å². The average molecular weight is 753 g/mol. The molecular formula is C53H45BN2O2. The van der Waals surface area contributed by atoms with Gasteiger partial charge in [0.1, 0.15) is 0 Å². The topological polar surface area (TPSA) is 41.8 Å². The summed E-state index contributed by atoms with van der Waals surface area (Å²) in [7, 11) is 0. The van der Waals surface area contributed by atoms with Crippen molar-refractivity contribution in [2.75, 3.05) is 4.90 Å². The lowest BCUT2D eigenvalue weighted by Gasteiger charge is -2.39. The minimum absolute atomic E-state index is 0.0615. The number of hydrogen-bond donors (Lipinski definition) is 0. The van der Waals surface area contributed by atoms with Crippen LogP contribution in [0.3, 0.4) is 0 Å². The van der Waals surface area contributed by atoms with E-state index in [1.165, 1.54) is 27.6 Å². The molecular weight excluding hydrogens is 707 g/mol. The van der Waals surface area contributed by atoms with E-state index in [1.807, 2.05) is 54.6 Å². The van der Waals surface area contributed by atoms with Crippen LogP contribution in [-0.4, -0.2) is 11.1 Å². The Morgan fingerprint density at radius 1 is 0.500 bits per heavy atom. The molecule has 0 spiro atoms. The highest BCUT2D eigenvalue weighted by atomic mass is 16.1. The smallest absolute Gasteiger partial charge is 0.247 e. The summed E-state index contributed by atoms with van der Waals surface area (Å²) in [5, 5.41) is 2.38. The first-order valence-corrected chi connectivity index (χ1v) is 20.6. The Bertz CT molecular complexity index is 3180. The molecule has 0 unspecified atom stereocenters. The normalized spacial score (nSPS) is 12.8. The molecule has 0 N–H and O–H groups in total. The number of hydrogen-bond acceptors (Lipinski definition) is 3. The van der Waals surface area contributed by atoms with Crippen LogP contribution in [-0.2, 0) is 0 Å². The fourth-order valence-corrected chi connectivity index (χ4v) is 9.75. The van der Waals surface area contributed by atoms with Crippen LogP contribution in [0.25, 0.3) is 49.2 Å². The Kier molecular flexibility index (Phi) is 8.42. The van der Waals surface area contributed by atoms with Gasteiger partial charge in [-0.25, -0.2) is 0 Å². The van der Waals surface area contributed by atoms with Gasteiger partial charge in [0.15, 0.2) is 10.9 Å². The van der Waals surface area contributed by atoms with Crippen molar-refractivity contribution in [3.05, 3.63) is 183 Å². The number of aromatic nitrogens is 1. The van der Waals surface area contributed by atoms with Crippen LogP contribution < -0.4 is 32.1 Å². The van der Waals surface area contributed by atoms with Gasteiger partial charge in [-0.05, 0) is 99.0 Å². The molecule has 4 nitrogen and oxygen atoms in total. The van der Waals surface area contributed by atoms with E-state index in [1.54, 1.807) is 0 Å². The molecule has 0 fully saturated rings. The summed E-state index contributed by atoms with van der Waals surface area (Å²) in [6.07, 6.45) is 0. The molecule has 3 heterocycles. The Labute approximate surface area is 339 Å². The predicted octanol–water partition coefficient (Wildman–Crippen LogP) is 10.9. The third-order valence-electron chi connectivity index (χ3n) is 12.5. The number of nitrogens with zero attached hydrogens (tertiary/aromatic N) is 2. The lowest BCUT2D eigenvalue weighted by atomic mass is 9.33. The zero-order valence-electron chi connectivity index (χ0n) is 33.9. The summed E-state index contributed by atoms with van der Waals surface area (Å²) in [6.45, 7) is 13.7. The number of benzene rings is 7. The molecule has 0 bridgehead atoms. The SMILES string of the molecule is CC(C)c1cc(C(C)C)c(B2c3ccccc3N(c3ccccc3)c3cc4c(cc32)c(=O)c2cccc3c(=O)c5c(-c6ccccc6)cccc5n4c23)c(C(C)C)c1. The van der Waals surface area contributed by atoms with Crippen LogP contribution in [0, 0.1) is 0 Å². The second kappa shape index (κ2) is 13.6. The molecule has 10 rings (SSSR count). The fraction of sp³-hybridized carbons (Fsp3) is 0.170. The van der Waals surface area contributed by atoms with Gasteiger partial charge in [0.05, 0.1) is 21.9 Å². The number of pyridine rings is 2. The maximum atomic E-state index is 15.1. The van der Waals surface area contributed by atoms with E-state index in [4.69, 9.17) is 0 Å². The highest BCUT2D eigenvalue weighted by Crippen LogP contribution is 2.40. The third kappa shape index (κ3) is 5.29. The fourth-order valence-electron chi connectivity index (χ4n) is 9.75. The molecule has 1 aliphatic rings. The second-order valence-electron chi connectivity index (χ2n) is 16.9. The van der Waals surface area contributed by atoms with Gasteiger partial charge in [-0.3, -0.25) is 9.59 Å². The highest BCUT2D eigenvalue weighted by molar-refractivity contribution is 6.98. The summed E-state index contributed by atoms with van der Waals surface area (Å²) >= 11 is 0. The van der Waals surface area contributed by atoms with Gasteiger partial charge in [-0.1, -0.05) is 150 Å². The van der Waals surface area contributed by atoms with Crippen molar-refractivity contribution in [1.29, 1.82) is 0 Å². The van der Waals surface area contributed by atoms with E-state index in [0.717, 1.165) is 44.7 Å². The number of rotatable bonds is 6. The first kappa shape index (κ1) is 35.9. The molecule has 282 valence electrons. The van der Waals surface area contributed by atoms with Crippen LogP contribution in [0.15, 0.2) is 155 Å². The Morgan fingerprint density at radius 2 is 1.12 bits per heavy atom. The van der Waals surface area contributed by atoms with E-state index >= 15 is 4.79 Å². The van der Waals surface area contributed by atoms with Crippen molar-refractivity contribution in [1.82, 2.24) is 4.40 Å². The molecule has 2 aromatic heterocycles. The predicted molar refractivity (Wildman–Crippen MR) is 247 cm³/mol. The lowest BCUT2D eigenvalue weighted by Crippen LogP contribution is -2.59. The van der Waals surface area contributed by atoms with Crippen molar-refractivity contribution in [3.8, 4) is 11.1 Å². The first-order chi connectivity index (χ1) is 28.1. The molecule has 9 aromatic rings. The summed E-state index contributed by atoms with van der Waals surface area (Å²) < 4.78 is 2.19. The molecule has 0 aliphatic carbocycles. The van der Waals surface area contributed by atoms with Gasteiger partial charge in [0, 0.05) is 33.2 Å². The zero-order chi connectivity index (χ0) is 40.0. The van der Waals surface area contributed by atoms with Crippen LogP contribution in [0.1, 0.15) is 76.0 Å². The van der Waals surface area contributed by atoms with Gasteiger partial charge in [0.25, 0.3) is 0 Å². The average Bonchev–Trinajstić information content (AvgIpc) is 3.24. The number of para-hydroxylation sites is 3. The van der Waals surface area contributed by atoms with Crippen molar-refractivity contribution < 1.29 is 0 Å². The summed E-state index contributed by atoms with van der Waals surface area (Å²) in [5.74, 6) is 0.944. The van der Waals surface area contributed by atoms with Crippen LogP contribution in [0.4, 0.5) is 17.1 Å². The Balaban J connectivity index is 1.41. The van der Waals surface area contributed by atoms with Crippen molar-refractivity contribution in [2.45, 2.75) is 59.3 Å². The molecule has 0 amide bonds. The molecule has 5 heteroatoms. The molecule has 0 radical (unpaired) electrons. The second-order valence-corrected chi connectivity index (χ2v) is 16.9. The van der Waals surface area contributed by atoms with Gasteiger partial charge in [0.2, 0.25) is 6.71 Å². The minimum atomic E-state index is -0.132. The maximum Gasteiger partial charge on any atom is 0.247 e. The van der Waals surface area contributed by atoms with Crippen LogP contribution in [0.2, 0.25) is 0 Å². The third-order valence-corrected chi connectivity index (χ3v) is 12.5. The van der Waals surface area contributed by atoms with Gasteiger partial charge in [-0.15, -0.1) is 0 Å². The molecule has 7 aromatic carbocycles. The maximum absolute atomic E-state index is 15.1. The first-order valence-electron chi connectivity index (χ1n) is 20.6. The standard InChI is InChI=1S/C53H45BN2O2/c1-31(2)35-27-40(32(3)4)50(41(28-35)33(5)6)54-43-24-13-14-25-45(43)55(36-19-11-8-12-20-36)48-30-47-42(29-44(48)54)52(57)38-22-15-23-39-51(38)56(47)46-26-16-21-37(49(46)53(39)58)34-17-9-7-10-18-34/h7-33H,1-6H3. The molecule has 0 atom stereocenters. The molecule has 0 saturated carbocycles. The van der Waals surface area contributed by atoms with E-state index < -0.39 is 0 Å². The minimum Gasteiger partial charge on any atom is -0.311 e. The van der Waals surface area contributed by atoms with Gasteiger partial charge in [-0.2, -0.15) is 0 Å². The van der Waals surface area contributed by atoms with E-state index in [2.05, 4.69) is 142 Å². The quantitative estimate of drug-likeness (QED) is 0.0965. The van der Waals surface area contributed by atoms with Crippen molar-refractivity contribution >= 4 is 78.3 Å². The highest BCUT2D eigenvalue weighted by Gasteiger charge is 2.39. The largest absolute Gasteiger partial charge is 0.311 e. The Hall–Kier alpha value is -6.46. The number of fused-ring (bicyclic) bond motifs is 6. The lowest BCUT2D eigenvalue weighted by molar-refractivity contribution is 0.812. The summed E-state index contributed by atoms with van der Waals surface area (Å²) in [5.41, 5.74) is 14.9. The van der Waals surface area contributed by atoms with Gasteiger partial charge >= 0.3 is 0 Å². The van der Waals surface area contributed by atoms with E-state index in [9.17, 15) is 4.79 Å². The Morgan fingerprint density at radius 3 is 1.79 bits per heavy atom. The van der Waals surface area contributed by atoms with Crippen LogP contribution >= 0.6 is 0 Å². The molecule has 1 aliphatic heterocycles. The molecule has 58 heavy (non-hydrogen) atoms. The summed E-state index contributed by atoms with van der Waals surface area (Å²) in [6, 6.07) is 50.5. The molecule has 0 saturated heterocycles. The zero-order valence-corrected chi connectivity index (χ0v) is 33.9. The summed E-state index contributed by atoms with van der Waals surface area (Å²) in [4.78, 5) is 32.1. The number of anilines is 3. The van der Waals surface area contributed by atoms with E-state index in [0.29, 0.717) is 33.0 Å².